The van der Waals surface area contributed by atoms with E-state index in [4.69, 9.17) is 14.2 Å². The summed E-state index contributed by atoms with van der Waals surface area (Å²) in [5.74, 6) is 0.864. The number of ether oxygens (including phenoxy) is 3. The van der Waals surface area contributed by atoms with Crippen LogP contribution >= 0.6 is 0 Å². The van der Waals surface area contributed by atoms with E-state index in [0.29, 0.717) is 19.8 Å². The molecule has 1 aliphatic rings. The number of hydrogen-bond acceptors (Lipinski definition) is 6. The van der Waals surface area contributed by atoms with Crippen molar-refractivity contribution in [3.8, 4) is 5.75 Å². The highest BCUT2D eigenvalue weighted by Gasteiger charge is 2.18. The van der Waals surface area contributed by atoms with Crippen LogP contribution in [0, 0.1) is 0 Å². The summed E-state index contributed by atoms with van der Waals surface area (Å²) in [5.41, 5.74) is 0.751. The maximum atomic E-state index is 11.7. The highest BCUT2D eigenvalue weighted by Crippen LogP contribution is 2.20. The lowest BCUT2D eigenvalue weighted by atomic mass is 10.2. The minimum atomic E-state index is -0.458. The summed E-state index contributed by atoms with van der Waals surface area (Å²) in [6, 6.07) is 8.20. The van der Waals surface area contributed by atoms with Gasteiger partial charge in [0.2, 0.25) is 0 Å². The second kappa shape index (κ2) is 10.4. The zero-order valence-corrected chi connectivity index (χ0v) is 17.0. The highest BCUT2D eigenvalue weighted by atomic mass is 16.6. The molecular formula is C20H33N3O4. The summed E-state index contributed by atoms with van der Waals surface area (Å²) < 4.78 is 15.8. The summed E-state index contributed by atoms with van der Waals surface area (Å²) >= 11 is 0. The molecule has 0 spiro atoms. The molecule has 0 atom stereocenters. The summed E-state index contributed by atoms with van der Waals surface area (Å²) in [7, 11) is 1.67. The number of rotatable bonds is 8. The number of anilines is 1. The van der Waals surface area contributed by atoms with E-state index in [2.05, 4.69) is 27.2 Å². The normalized spacial score (nSPS) is 15.5. The van der Waals surface area contributed by atoms with Gasteiger partial charge in [0.05, 0.1) is 6.61 Å². The average molecular weight is 380 g/mol. The maximum absolute atomic E-state index is 11.7. The number of hydrogen-bond donors (Lipinski definition) is 1. The van der Waals surface area contributed by atoms with E-state index in [9.17, 15) is 4.79 Å². The van der Waals surface area contributed by atoms with Gasteiger partial charge in [0, 0.05) is 52.1 Å². The van der Waals surface area contributed by atoms with E-state index >= 15 is 0 Å². The zero-order chi connectivity index (χ0) is 19.7. The molecule has 152 valence electrons. The first kappa shape index (κ1) is 21.3. The molecule has 0 bridgehead atoms. The number of nitrogens with one attached hydrogen (secondary N) is 1. The maximum Gasteiger partial charge on any atom is 0.407 e. The molecule has 0 radical (unpaired) electrons. The minimum Gasteiger partial charge on any atom is -0.491 e. The second-order valence-corrected chi connectivity index (χ2v) is 7.59. The number of benzene rings is 1. The molecule has 1 aromatic rings. The van der Waals surface area contributed by atoms with E-state index in [0.717, 1.165) is 38.5 Å². The average Bonchev–Trinajstić information content (AvgIpc) is 2.62. The molecule has 1 N–H and O–H groups in total. The van der Waals surface area contributed by atoms with Crippen LogP contribution in [0.1, 0.15) is 20.8 Å². The van der Waals surface area contributed by atoms with Crippen LogP contribution in [-0.2, 0) is 9.47 Å². The molecule has 0 unspecified atom stereocenters. The number of carbonyl (C=O) groups excluding carboxylic acids is 1. The summed E-state index contributed by atoms with van der Waals surface area (Å²) in [6.45, 7) is 12.1. The number of alkyl carbamates (subject to hydrolysis) is 1. The lowest BCUT2D eigenvalue weighted by Crippen LogP contribution is -2.48. The van der Waals surface area contributed by atoms with Gasteiger partial charge < -0.3 is 24.4 Å². The van der Waals surface area contributed by atoms with Crippen molar-refractivity contribution in [2.24, 2.45) is 0 Å². The van der Waals surface area contributed by atoms with Crippen LogP contribution in [0.15, 0.2) is 24.3 Å². The van der Waals surface area contributed by atoms with Crippen LogP contribution in [0.2, 0.25) is 0 Å². The Bertz CT molecular complexity index is 564. The van der Waals surface area contributed by atoms with Gasteiger partial charge in [-0.1, -0.05) is 0 Å². The molecule has 1 aliphatic heterocycles. The lowest BCUT2D eigenvalue weighted by molar-refractivity contribution is 0.0521. The van der Waals surface area contributed by atoms with Gasteiger partial charge in [-0.15, -0.1) is 0 Å². The quantitative estimate of drug-likeness (QED) is 0.700. The van der Waals surface area contributed by atoms with Gasteiger partial charge in [0.25, 0.3) is 0 Å². The standard InChI is InChI=1S/C20H33N3O4/c1-20(2,3)27-19(24)21-9-10-22-11-13-23(14-12-22)17-5-7-18(8-6-17)26-16-15-25-4/h5-8H,9-16H2,1-4H3,(H,21,24). The Labute approximate surface area is 162 Å². The largest absolute Gasteiger partial charge is 0.491 e. The molecule has 1 saturated heterocycles. The predicted molar refractivity (Wildman–Crippen MR) is 107 cm³/mol. The van der Waals surface area contributed by atoms with E-state index < -0.39 is 5.60 Å². The van der Waals surface area contributed by atoms with Crippen LogP contribution in [0.25, 0.3) is 0 Å². The molecule has 1 fully saturated rings. The third kappa shape index (κ3) is 8.05. The van der Waals surface area contributed by atoms with Crippen LogP contribution in [0.3, 0.4) is 0 Å². The third-order valence-electron chi connectivity index (χ3n) is 4.23. The smallest absolute Gasteiger partial charge is 0.407 e. The first-order chi connectivity index (χ1) is 12.9. The first-order valence-corrected chi connectivity index (χ1v) is 9.53. The number of carbonyl (C=O) groups is 1. The number of piperazine rings is 1. The fourth-order valence-electron chi connectivity index (χ4n) is 2.86. The summed E-state index contributed by atoms with van der Waals surface area (Å²) in [5, 5.41) is 2.82. The Kier molecular flexibility index (Phi) is 8.19. The van der Waals surface area contributed by atoms with Crippen molar-refractivity contribution < 1.29 is 19.0 Å². The second-order valence-electron chi connectivity index (χ2n) is 7.59. The molecule has 7 heteroatoms. The van der Waals surface area contributed by atoms with E-state index in [1.54, 1.807) is 7.11 Å². The van der Waals surface area contributed by atoms with Crippen LogP contribution in [0.5, 0.6) is 5.75 Å². The van der Waals surface area contributed by atoms with Gasteiger partial charge in [0.1, 0.15) is 18.0 Å². The molecule has 0 aromatic heterocycles. The van der Waals surface area contributed by atoms with Crippen LogP contribution in [-0.4, -0.2) is 76.2 Å². The SMILES string of the molecule is COCCOc1ccc(N2CCN(CCNC(=O)OC(C)(C)C)CC2)cc1. The zero-order valence-electron chi connectivity index (χ0n) is 17.0. The molecule has 1 aromatic carbocycles. The van der Waals surface area contributed by atoms with Gasteiger partial charge in [-0.3, -0.25) is 4.90 Å². The highest BCUT2D eigenvalue weighted by molar-refractivity contribution is 5.67. The fraction of sp³-hybridized carbons (Fsp3) is 0.650. The van der Waals surface area contributed by atoms with Gasteiger partial charge in [-0.05, 0) is 45.0 Å². The van der Waals surface area contributed by atoms with Crippen molar-refractivity contribution in [1.82, 2.24) is 10.2 Å². The third-order valence-corrected chi connectivity index (χ3v) is 4.23. The van der Waals surface area contributed by atoms with Gasteiger partial charge in [0.15, 0.2) is 0 Å². The molecule has 0 aliphatic carbocycles. The molecule has 27 heavy (non-hydrogen) atoms. The number of methoxy groups -OCH3 is 1. The summed E-state index contributed by atoms with van der Waals surface area (Å²) in [4.78, 5) is 16.4. The van der Waals surface area contributed by atoms with E-state index in [1.807, 2.05) is 32.9 Å². The Morgan fingerprint density at radius 2 is 1.74 bits per heavy atom. The Morgan fingerprint density at radius 3 is 2.33 bits per heavy atom. The van der Waals surface area contributed by atoms with Crippen LogP contribution < -0.4 is 15.0 Å². The van der Waals surface area contributed by atoms with Crippen molar-refractivity contribution in [2.45, 2.75) is 26.4 Å². The van der Waals surface area contributed by atoms with Crippen molar-refractivity contribution in [3.63, 3.8) is 0 Å². The molecule has 7 nitrogen and oxygen atoms in total. The topological polar surface area (TPSA) is 63.3 Å². The van der Waals surface area contributed by atoms with E-state index in [-0.39, 0.29) is 6.09 Å². The minimum absolute atomic E-state index is 0.353. The first-order valence-electron chi connectivity index (χ1n) is 9.53. The molecular weight excluding hydrogens is 346 g/mol. The van der Waals surface area contributed by atoms with Gasteiger partial charge in [-0.25, -0.2) is 4.79 Å². The predicted octanol–water partition coefficient (Wildman–Crippen LogP) is 2.36. The van der Waals surface area contributed by atoms with Gasteiger partial charge in [-0.2, -0.15) is 0 Å². The Morgan fingerprint density at radius 1 is 1.07 bits per heavy atom. The van der Waals surface area contributed by atoms with E-state index in [1.165, 1.54) is 5.69 Å². The number of nitrogens with zero attached hydrogens (tertiary/aromatic N) is 2. The molecule has 2 rings (SSSR count). The van der Waals surface area contributed by atoms with Crippen molar-refractivity contribution >= 4 is 11.8 Å². The monoisotopic (exact) mass is 379 g/mol. The molecule has 1 heterocycles. The van der Waals surface area contributed by atoms with Gasteiger partial charge >= 0.3 is 6.09 Å². The van der Waals surface area contributed by atoms with Crippen molar-refractivity contribution in [1.29, 1.82) is 0 Å². The lowest BCUT2D eigenvalue weighted by Gasteiger charge is -2.36. The summed E-state index contributed by atoms with van der Waals surface area (Å²) in [6.07, 6.45) is -0.353. The Hall–Kier alpha value is -1.99. The number of amides is 1. The van der Waals surface area contributed by atoms with Crippen molar-refractivity contribution in [2.75, 3.05) is 64.5 Å². The Balaban J connectivity index is 1.67. The van der Waals surface area contributed by atoms with Crippen LogP contribution in [0.4, 0.5) is 10.5 Å². The molecule has 0 saturated carbocycles. The van der Waals surface area contributed by atoms with Crippen molar-refractivity contribution in [3.05, 3.63) is 24.3 Å². The molecule has 1 amide bonds. The fourth-order valence-corrected chi connectivity index (χ4v) is 2.86.